The Bertz CT molecular complexity index is 236. The van der Waals surface area contributed by atoms with Gasteiger partial charge in [0.1, 0.15) is 0 Å². The molecule has 0 aliphatic heterocycles. The number of amides is 1. The first-order valence-corrected chi connectivity index (χ1v) is 6.63. The van der Waals surface area contributed by atoms with Crippen molar-refractivity contribution in [2.45, 2.75) is 41.0 Å². The number of likely N-dealkylation sites (N-methyl/N-ethyl adjacent to an activating group) is 1. The first-order chi connectivity index (χ1) is 7.70. The van der Waals surface area contributed by atoms with E-state index in [4.69, 9.17) is 0 Å². The second-order valence-electron chi connectivity index (χ2n) is 6.23. The molecule has 0 aromatic heterocycles. The van der Waals surface area contributed by atoms with Crippen molar-refractivity contribution in [1.29, 1.82) is 0 Å². The van der Waals surface area contributed by atoms with Crippen LogP contribution in [0.25, 0.3) is 0 Å². The van der Waals surface area contributed by atoms with Gasteiger partial charge in [0.05, 0.1) is 0 Å². The minimum atomic E-state index is -0.250. The number of carbonyl (C=O) groups excluding carboxylic acids is 1. The first kappa shape index (κ1) is 16.4. The fourth-order valence-corrected chi connectivity index (χ4v) is 2.03. The Hall–Kier alpha value is -0.570. The molecule has 1 unspecified atom stereocenters. The molecule has 0 bridgehead atoms. The van der Waals surface area contributed by atoms with Gasteiger partial charge in [-0.3, -0.25) is 4.79 Å². The lowest BCUT2D eigenvalue weighted by atomic mass is 9.72. The molecule has 0 rings (SSSR count). The Morgan fingerprint density at radius 1 is 1.24 bits per heavy atom. The predicted octanol–water partition coefficient (Wildman–Crippen LogP) is 2.37. The molecule has 0 spiro atoms. The number of carbonyl (C=O) groups is 1. The lowest BCUT2D eigenvalue weighted by molar-refractivity contribution is -0.133. The van der Waals surface area contributed by atoms with E-state index >= 15 is 0 Å². The Labute approximate surface area is 107 Å². The third kappa shape index (κ3) is 5.53. The molecule has 0 fully saturated rings. The van der Waals surface area contributed by atoms with Crippen molar-refractivity contribution in [1.82, 2.24) is 10.2 Å². The fourth-order valence-electron chi connectivity index (χ4n) is 2.03. The van der Waals surface area contributed by atoms with Crippen LogP contribution < -0.4 is 5.32 Å². The highest BCUT2D eigenvalue weighted by Gasteiger charge is 2.36. The standard InChI is InChI=1S/C14H30N2O/c1-11(2)10-14(5,12(3)4)13(17)15-8-9-16(6)7/h11-12H,8-10H2,1-7H3,(H,15,17). The lowest BCUT2D eigenvalue weighted by Crippen LogP contribution is -2.45. The van der Waals surface area contributed by atoms with Gasteiger partial charge in [0.15, 0.2) is 0 Å². The van der Waals surface area contributed by atoms with Gasteiger partial charge >= 0.3 is 0 Å². The van der Waals surface area contributed by atoms with E-state index in [0.29, 0.717) is 11.8 Å². The number of hydrogen-bond acceptors (Lipinski definition) is 2. The summed E-state index contributed by atoms with van der Waals surface area (Å²) in [6, 6.07) is 0. The third-order valence-corrected chi connectivity index (χ3v) is 3.47. The molecule has 0 aromatic rings. The summed E-state index contributed by atoms with van der Waals surface area (Å²) >= 11 is 0. The maximum Gasteiger partial charge on any atom is 0.226 e. The molecule has 0 aromatic carbocycles. The Balaban J connectivity index is 4.44. The van der Waals surface area contributed by atoms with E-state index in [9.17, 15) is 4.79 Å². The molecule has 0 saturated carbocycles. The summed E-state index contributed by atoms with van der Waals surface area (Å²) < 4.78 is 0. The van der Waals surface area contributed by atoms with Crippen LogP contribution in [0.2, 0.25) is 0 Å². The smallest absolute Gasteiger partial charge is 0.226 e. The van der Waals surface area contributed by atoms with Crippen molar-refractivity contribution in [2.24, 2.45) is 17.3 Å². The summed E-state index contributed by atoms with van der Waals surface area (Å²) in [5, 5.41) is 3.06. The second kappa shape index (κ2) is 7.00. The van der Waals surface area contributed by atoms with Crippen LogP contribution in [-0.4, -0.2) is 38.0 Å². The molecule has 3 heteroatoms. The van der Waals surface area contributed by atoms with Gasteiger partial charge in [0, 0.05) is 18.5 Å². The summed E-state index contributed by atoms with van der Waals surface area (Å²) in [7, 11) is 4.03. The second-order valence-corrected chi connectivity index (χ2v) is 6.23. The third-order valence-electron chi connectivity index (χ3n) is 3.47. The van der Waals surface area contributed by atoms with Gasteiger partial charge in [-0.2, -0.15) is 0 Å². The molecule has 1 amide bonds. The maximum atomic E-state index is 12.3. The van der Waals surface area contributed by atoms with Gasteiger partial charge in [-0.15, -0.1) is 0 Å². The summed E-state index contributed by atoms with van der Waals surface area (Å²) in [4.78, 5) is 14.4. The SMILES string of the molecule is CC(C)CC(C)(C(=O)NCCN(C)C)C(C)C. The zero-order valence-electron chi connectivity index (χ0n) is 12.6. The minimum Gasteiger partial charge on any atom is -0.354 e. The number of rotatable bonds is 7. The van der Waals surface area contributed by atoms with Crippen molar-refractivity contribution in [3.8, 4) is 0 Å². The molecule has 3 nitrogen and oxygen atoms in total. The van der Waals surface area contributed by atoms with E-state index in [1.54, 1.807) is 0 Å². The summed E-state index contributed by atoms with van der Waals surface area (Å²) in [6.07, 6.45) is 0.943. The molecular weight excluding hydrogens is 212 g/mol. The van der Waals surface area contributed by atoms with Crippen molar-refractivity contribution < 1.29 is 4.79 Å². The van der Waals surface area contributed by atoms with E-state index in [0.717, 1.165) is 19.5 Å². The first-order valence-electron chi connectivity index (χ1n) is 6.63. The van der Waals surface area contributed by atoms with Gasteiger partial charge in [0.25, 0.3) is 0 Å². The van der Waals surface area contributed by atoms with Crippen molar-refractivity contribution in [2.75, 3.05) is 27.2 Å². The topological polar surface area (TPSA) is 32.3 Å². The molecule has 102 valence electrons. The molecule has 0 radical (unpaired) electrons. The van der Waals surface area contributed by atoms with E-state index in [1.165, 1.54) is 0 Å². The van der Waals surface area contributed by atoms with Gasteiger partial charge < -0.3 is 10.2 Å². The summed E-state index contributed by atoms with van der Waals surface area (Å²) in [6.45, 7) is 12.3. The molecule has 1 N–H and O–H groups in total. The summed E-state index contributed by atoms with van der Waals surface area (Å²) in [5.74, 6) is 1.11. The molecule has 0 aliphatic carbocycles. The predicted molar refractivity (Wildman–Crippen MR) is 74.0 cm³/mol. The van der Waals surface area contributed by atoms with Crippen LogP contribution in [0.4, 0.5) is 0 Å². The van der Waals surface area contributed by atoms with Crippen LogP contribution in [0.15, 0.2) is 0 Å². The molecule has 0 heterocycles. The Kier molecular flexibility index (Phi) is 6.76. The Morgan fingerprint density at radius 2 is 1.76 bits per heavy atom. The minimum absolute atomic E-state index is 0.197. The lowest BCUT2D eigenvalue weighted by Gasteiger charge is -2.34. The quantitative estimate of drug-likeness (QED) is 0.743. The van der Waals surface area contributed by atoms with E-state index in [2.05, 4.69) is 44.8 Å². The monoisotopic (exact) mass is 242 g/mol. The summed E-state index contributed by atoms with van der Waals surface area (Å²) in [5.41, 5.74) is -0.250. The van der Waals surface area contributed by atoms with E-state index in [-0.39, 0.29) is 11.3 Å². The molecular formula is C14H30N2O. The average molecular weight is 242 g/mol. The molecule has 0 aliphatic rings. The highest BCUT2D eigenvalue weighted by Crippen LogP contribution is 2.34. The fraction of sp³-hybridized carbons (Fsp3) is 0.929. The van der Waals surface area contributed by atoms with Crippen LogP contribution in [0, 0.1) is 17.3 Å². The Morgan fingerprint density at radius 3 is 2.12 bits per heavy atom. The van der Waals surface area contributed by atoms with Gasteiger partial charge in [-0.1, -0.05) is 34.6 Å². The van der Waals surface area contributed by atoms with E-state index < -0.39 is 0 Å². The van der Waals surface area contributed by atoms with Crippen LogP contribution in [-0.2, 0) is 4.79 Å². The average Bonchev–Trinajstić information content (AvgIpc) is 2.15. The number of nitrogens with one attached hydrogen (secondary N) is 1. The largest absolute Gasteiger partial charge is 0.354 e. The van der Waals surface area contributed by atoms with Gasteiger partial charge in [-0.05, 0) is 32.4 Å². The van der Waals surface area contributed by atoms with Crippen LogP contribution >= 0.6 is 0 Å². The number of hydrogen-bond donors (Lipinski definition) is 1. The van der Waals surface area contributed by atoms with Crippen molar-refractivity contribution in [3.63, 3.8) is 0 Å². The molecule has 1 atom stereocenters. The molecule has 17 heavy (non-hydrogen) atoms. The van der Waals surface area contributed by atoms with Crippen molar-refractivity contribution in [3.05, 3.63) is 0 Å². The highest BCUT2D eigenvalue weighted by atomic mass is 16.2. The van der Waals surface area contributed by atoms with Crippen LogP contribution in [0.3, 0.4) is 0 Å². The maximum absolute atomic E-state index is 12.3. The number of nitrogens with zero attached hydrogens (tertiary/aromatic N) is 1. The van der Waals surface area contributed by atoms with Crippen molar-refractivity contribution >= 4 is 5.91 Å². The van der Waals surface area contributed by atoms with Gasteiger partial charge in [0.2, 0.25) is 5.91 Å². The highest BCUT2D eigenvalue weighted by molar-refractivity contribution is 5.82. The van der Waals surface area contributed by atoms with Crippen LogP contribution in [0.1, 0.15) is 41.0 Å². The van der Waals surface area contributed by atoms with Gasteiger partial charge in [-0.25, -0.2) is 0 Å². The van der Waals surface area contributed by atoms with Crippen LogP contribution in [0.5, 0.6) is 0 Å². The molecule has 0 saturated heterocycles. The normalized spacial score (nSPS) is 15.4. The zero-order valence-corrected chi connectivity index (χ0v) is 12.6. The zero-order chi connectivity index (χ0) is 13.6. The van der Waals surface area contributed by atoms with E-state index in [1.807, 2.05) is 14.1 Å².